The van der Waals surface area contributed by atoms with E-state index in [0.717, 1.165) is 17.0 Å². The molecular weight excluding hydrogens is 516 g/mol. The van der Waals surface area contributed by atoms with E-state index in [1.807, 2.05) is 36.9 Å². The summed E-state index contributed by atoms with van der Waals surface area (Å²) < 4.78 is 87.3. The third-order valence-corrected chi connectivity index (χ3v) is 5.91. The van der Waals surface area contributed by atoms with Crippen LogP contribution < -0.4 is 0 Å². The number of amides is 2. The summed E-state index contributed by atoms with van der Waals surface area (Å²) in [7, 11) is 1.81. The fourth-order valence-corrected chi connectivity index (χ4v) is 3.78. The molecule has 0 spiro atoms. The Labute approximate surface area is 218 Å². The van der Waals surface area contributed by atoms with E-state index >= 15 is 0 Å². The lowest BCUT2D eigenvalue weighted by atomic mass is 10.0. The molecule has 0 N–H and O–H groups in total. The smallest absolute Gasteiger partial charge is 0.382 e. The molecule has 0 saturated heterocycles. The average Bonchev–Trinajstić information content (AvgIpc) is 3.25. The fourth-order valence-electron chi connectivity index (χ4n) is 3.78. The maximum absolute atomic E-state index is 13.4. The van der Waals surface area contributed by atoms with Crippen molar-refractivity contribution in [2.45, 2.75) is 52.0 Å². The number of carbonyl (C=O) groups excluding carboxylic acids is 2. The fraction of sp³-hybridized carbons (Fsp3) is 0.538. The predicted molar refractivity (Wildman–Crippen MR) is 129 cm³/mol. The molecule has 0 atom stereocenters. The number of alkyl halides is 6. The third-order valence-electron chi connectivity index (χ3n) is 5.91. The number of carbonyl (C=O) groups is 2. The number of rotatable bonds is 13. The van der Waals surface area contributed by atoms with Gasteiger partial charge in [0.05, 0.1) is 17.7 Å². The normalized spacial score (nSPS) is 12.0. The summed E-state index contributed by atoms with van der Waals surface area (Å²) in [5.74, 6) is -1.56. The number of benzene rings is 1. The summed E-state index contributed by atoms with van der Waals surface area (Å²) >= 11 is 0. The molecule has 1 heterocycles. The molecule has 0 bridgehead atoms. The Morgan fingerprint density at radius 1 is 0.921 bits per heavy atom. The number of unbranched alkanes of at least 4 members (excludes halogenated alkanes) is 1. The van der Waals surface area contributed by atoms with Gasteiger partial charge in [0.1, 0.15) is 6.54 Å². The lowest BCUT2D eigenvalue weighted by Crippen LogP contribution is -2.44. The molecule has 6 nitrogen and oxygen atoms in total. The van der Waals surface area contributed by atoms with E-state index in [9.17, 15) is 35.9 Å². The van der Waals surface area contributed by atoms with Gasteiger partial charge in [-0.2, -0.15) is 26.3 Å². The highest BCUT2D eigenvalue weighted by molar-refractivity contribution is 5.97. The first-order valence-corrected chi connectivity index (χ1v) is 12.3. The van der Waals surface area contributed by atoms with Crippen LogP contribution in [0, 0.1) is 0 Å². The maximum atomic E-state index is 13.4. The van der Waals surface area contributed by atoms with Gasteiger partial charge in [0.15, 0.2) is 0 Å². The molecule has 12 heteroatoms. The number of hydrogen-bond acceptors (Lipinski definition) is 3. The van der Waals surface area contributed by atoms with Crippen LogP contribution in [0.1, 0.15) is 60.3 Å². The molecule has 0 radical (unpaired) electrons. The second-order valence-corrected chi connectivity index (χ2v) is 8.85. The summed E-state index contributed by atoms with van der Waals surface area (Å²) in [5.41, 5.74) is -3.15. The topological polar surface area (TPSA) is 54.8 Å². The van der Waals surface area contributed by atoms with Gasteiger partial charge in [-0.25, -0.2) is 0 Å². The van der Waals surface area contributed by atoms with Crippen molar-refractivity contribution in [2.75, 3.05) is 32.8 Å². The largest absolute Gasteiger partial charge is 0.416 e. The molecule has 0 saturated carbocycles. The molecule has 38 heavy (non-hydrogen) atoms. The third kappa shape index (κ3) is 9.07. The van der Waals surface area contributed by atoms with Crippen molar-refractivity contribution >= 4 is 11.8 Å². The Morgan fingerprint density at radius 3 is 2.03 bits per heavy atom. The number of aromatic nitrogens is 1. The van der Waals surface area contributed by atoms with Gasteiger partial charge in [-0.15, -0.1) is 0 Å². The summed E-state index contributed by atoms with van der Waals surface area (Å²) in [6.07, 6.45) is -6.68. The van der Waals surface area contributed by atoms with Crippen LogP contribution in [0.4, 0.5) is 26.3 Å². The van der Waals surface area contributed by atoms with Crippen LogP contribution in [0.2, 0.25) is 0 Å². The minimum Gasteiger partial charge on any atom is -0.382 e. The van der Waals surface area contributed by atoms with E-state index in [4.69, 9.17) is 4.74 Å². The lowest BCUT2D eigenvalue weighted by Gasteiger charge is -2.28. The lowest BCUT2D eigenvalue weighted by molar-refractivity contribution is -0.143. The van der Waals surface area contributed by atoms with Gasteiger partial charge in [-0.05, 0) is 50.1 Å². The molecule has 0 aliphatic rings. The molecule has 212 valence electrons. The van der Waals surface area contributed by atoms with Gasteiger partial charge in [0.2, 0.25) is 5.91 Å². The average molecular weight is 550 g/mol. The number of hydrogen-bond donors (Lipinski definition) is 0. The van der Waals surface area contributed by atoms with Crippen LogP contribution in [-0.4, -0.2) is 59.0 Å². The van der Waals surface area contributed by atoms with Crippen LogP contribution in [0.3, 0.4) is 0 Å². The molecule has 2 amide bonds. The Balaban J connectivity index is 2.39. The minimum absolute atomic E-state index is 0.0340. The van der Waals surface area contributed by atoms with Gasteiger partial charge in [-0.3, -0.25) is 9.59 Å². The summed E-state index contributed by atoms with van der Waals surface area (Å²) in [6.45, 7) is 4.31. The van der Waals surface area contributed by atoms with E-state index in [1.54, 1.807) is 6.92 Å². The number of halogens is 6. The zero-order valence-electron chi connectivity index (χ0n) is 21.7. The zero-order chi connectivity index (χ0) is 28.5. The second kappa shape index (κ2) is 13.7. The molecule has 1 aromatic carbocycles. The van der Waals surface area contributed by atoms with Crippen LogP contribution in [0.5, 0.6) is 0 Å². The van der Waals surface area contributed by atoms with E-state index in [1.165, 1.54) is 4.90 Å². The van der Waals surface area contributed by atoms with Crippen LogP contribution in [0.15, 0.2) is 36.5 Å². The van der Waals surface area contributed by atoms with Crippen molar-refractivity contribution in [1.29, 1.82) is 0 Å². The Hall–Kier alpha value is -3.02. The number of ether oxygens (including phenoxy) is 1. The first-order chi connectivity index (χ1) is 17.8. The Morgan fingerprint density at radius 2 is 1.53 bits per heavy atom. The zero-order valence-corrected chi connectivity index (χ0v) is 21.7. The van der Waals surface area contributed by atoms with Crippen molar-refractivity contribution in [1.82, 2.24) is 14.4 Å². The van der Waals surface area contributed by atoms with E-state index < -0.39 is 47.4 Å². The van der Waals surface area contributed by atoms with Crippen molar-refractivity contribution in [2.24, 2.45) is 7.05 Å². The van der Waals surface area contributed by atoms with Crippen LogP contribution in [0.25, 0.3) is 0 Å². The first-order valence-electron chi connectivity index (χ1n) is 12.3. The molecule has 0 fully saturated rings. The molecule has 0 aliphatic carbocycles. The minimum atomic E-state index is -5.10. The molecular formula is C26H33F6N3O3. The molecule has 0 aliphatic heterocycles. The molecule has 1 aromatic heterocycles. The standard InChI is InChI=1S/C26H33F6N3O3/c1-4-6-11-34(17-22-9-7-10-33(22)3)23(36)18-35(12-8-13-38-5-2)24(37)19-14-20(25(27,28)29)16-21(15-19)26(30,31)32/h7,9-10,14-16H,4-6,8,11-13,17-18H2,1-3H3. The van der Waals surface area contributed by atoms with Crippen LogP contribution >= 0.6 is 0 Å². The van der Waals surface area contributed by atoms with Crippen molar-refractivity contribution in [3.05, 3.63) is 58.9 Å². The quantitative estimate of drug-likeness (QED) is 0.236. The van der Waals surface area contributed by atoms with Crippen molar-refractivity contribution < 1.29 is 40.7 Å². The Kier molecular flexibility index (Phi) is 11.2. The van der Waals surface area contributed by atoms with Gasteiger partial charge in [-0.1, -0.05) is 13.3 Å². The summed E-state index contributed by atoms with van der Waals surface area (Å²) in [6, 6.07) is 4.38. The Bertz CT molecular complexity index is 1030. The van der Waals surface area contributed by atoms with Crippen molar-refractivity contribution in [3.8, 4) is 0 Å². The summed E-state index contributed by atoms with van der Waals surface area (Å²) in [4.78, 5) is 29.1. The van der Waals surface area contributed by atoms with E-state index in [2.05, 4.69) is 0 Å². The summed E-state index contributed by atoms with van der Waals surface area (Å²) in [5, 5.41) is 0. The van der Waals surface area contributed by atoms with Gasteiger partial charge < -0.3 is 19.1 Å². The highest BCUT2D eigenvalue weighted by Crippen LogP contribution is 2.36. The van der Waals surface area contributed by atoms with Crippen LogP contribution in [-0.2, 0) is 35.5 Å². The number of aryl methyl sites for hydroxylation is 1. The highest BCUT2D eigenvalue weighted by Gasteiger charge is 2.38. The van der Waals surface area contributed by atoms with Gasteiger partial charge in [0.25, 0.3) is 5.91 Å². The first kappa shape index (κ1) is 31.2. The van der Waals surface area contributed by atoms with E-state index in [0.29, 0.717) is 31.7 Å². The van der Waals surface area contributed by atoms with Gasteiger partial charge in [0, 0.05) is 50.8 Å². The highest BCUT2D eigenvalue weighted by atomic mass is 19.4. The monoisotopic (exact) mass is 549 g/mol. The molecule has 2 rings (SSSR count). The number of nitrogens with zero attached hydrogens (tertiary/aromatic N) is 3. The molecule has 2 aromatic rings. The SMILES string of the molecule is CCCCN(Cc1cccn1C)C(=O)CN(CCCOCC)C(=O)c1cc(C(F)(F)F)cc(C(F)(F)F)c1. The van der Waals surface area contributed by atoms with Crippen molar-refractivity contribution in [3.63, 3.8) is 0 Å². The van der Waals surface area contributed by atoms with E-state index in [-0.39, 0.29) is 32.2 Å². The van der Waals surface area contributed by atoms with Gasteiger partial charge >= 0.3 is 12.4 Å². The molecule has 0 unspecified atom stereocenters. The predicted octanol–water partition coefficient (Wildman–Crippen LogP) is 5.76. The second-order valence-electron chi connectivity index (χ2n) is 8.85. The maximum Gasteiger partial charge on any atom is 0.416 e.